The second-order valence-electron chi connectivity index (χ2n) is 4.78. The molecule has 0 aliphatic carbocycles. The van der Waals surface area contributed by atoms with Crippen LogP contribution in [0.5, 0.6) is 0 Å². The summed E-state index contributed by atoms with van der Waals surface area (Å²) in [5, 5.41) is 14.5. The predicted octanol–water partition coefficient (Wildman–Crippen LogP) is 0.957. The van der Waals surface area contributed by atoms with Gasteiger partial charge in [-0.1, -0.05) is 17.7 Å². The van der Waals surface area contributed by atoms with Crippen LogP contribution in [0.4, 0.5) is 0 Å². The highest BCUT2D eigenvalue weighted by molar-refractivity contribution is 6.30. The predicted molar refractivity (Wildman–Crippen MR) is 73.1 cm³/mol. The molecule has 0 bridgehead atoms. The van der Waals surface area contributed by atoms with Gasteiger partial charge in [-0.2, -0.15) is 0 Å². The number of aliphatic hydroxyl groups excluding tert-OH is 1. The number of hydrogen-bond acceptors (Lipinski definition) is 3. The average Bonchev–Trinajstić information content (AvgIpc) is 2.35. The Bertz CT molecular complexity index is 475. The first-order valence-electron chi connectivity index (χ1n) is 5.80. The molecular weight excluding hydrogens is 268 g/mol. The average molecular weight is 285 g/mol. The first kappa shape index (κ1) is 15.5. The van der Waals surface area contributed by atoms with Crippen LogP contribution in [0, 0.1) is 0 Å². The van der Waals surface area contributed by atoms with Gasteiger partial charge < -0.3 is 15.7 Å². The Morgan fingerprint density at radius 2 is 2.05 bits per heavy atom. The van der Waals surface area contributed by atoms with Crippen molar-refractivity contribution in [3.63, 3.8) is 0 Å². The lowest BCUT2D eigenvalue weighted by Gasteiger charge is -2.23. The summed E-state index contributed by atoms with van der Waals surface area (Å²) in [6.45, 7) is 3.03. The van der Waals surface area contributed by atoms with Crippen LogP contribution in [0.15, 0.2) is 24.3 Å². The number of nitrogens with one attached hydrogen (secondary N) is 2. The van der Waals surface area contributed by atoms with Crippen molar-refractivity contribution in [1.82, 2.24) is 10.6 Å². The van der Waals surface area contributed by atoms with E-state index in [1.165, 1.54) is 6.07 Å². The molecule has 0 unspecified atom stereocenters. The van der Waals surface area contributed by atoms with Gasteiger partial charge >= 0.3 is 0 Å². The third kappa shape index (κ3) is 5.28. The molecule has 0 fully saturated rings. The molecule has 1 rings (SSSR count). The van der Waals surface area contributed by atoms with Crippen LogP contribution in [-0.2, 0) is 4.79 Å². The van der Waals surface area contributed by atoms with Crippen LogP contribution in [-0.4, -0.2) is 35.6 Å². The van der Waals surface area contributed by atoms with Crippen molar-refractivity contribution in [3.8, 4) is 0 Å². The largest absolute Gasteiger partial charge is 0.394 e. The second-order valence-corrected chi connectivity index (χ2v) is 5.22. The van der Waals surface area contributed by atoms with Gasteiger partial charge in [0.05, 0.1) is 18.7 Å². The van der Waals surface area contributed by atoms with E-state index in [1.807, 2.05) is 0 Å². The van der Waals surface area contributed by atoms with Crippen LogP contribution in [0.3, 0.4) is 0 Å². The van der Waals surface area contributed by atoms with Crippen LogP contribution >= 0.6 is 11.6 Å². The highest BCUT2D eigenvalue weighted by Crippen LogP contribution is 2.10. The molecule has 1 aromatic rings. The number of hydrogen-bond donors (Lipinski definition) is 3. The lowest BCUT2D eigenvalue weighted by molar-refractivity contribution is -0.122. The standard InChI is InChI=1S/C13H17ClN2O3/c1-13(2,8-17)16-11(18)7-15-12(19)9-4-3-5-10(14)6-9/h3-6,17H,7-8H2,1-2H3,(H,15,19)(H,16,18). The van der Waals surface area contributed by atoms with Gasteiger partial charge in [-0.05, 0) is 32.0 Å². The molecule has 0 spiro atoms. The fourth-order valence-corrected chi connectivity index (χ4v) is 1.54. The van der Waals surface area contributed by atoms with E-state index >= 15 is 0 Å². The summed E-state index contributed by atoms with van der Waals surface area (Å²) in [6.07, 6.45) is 0. The Morgan fingerprint density at radius 1 is 1.37 bits per heavy atom. The van der Waals surface area contributed by atoms with Crippen molar-refractivity contribution >= 4 is 23.4 Å². The number of amides is 2. The summed E-state index contributed by atoms with van der Waals surface area (Å²) in [4.78, 5) is 23.3. The first-order chi connectivity index (χ1) is 8.84. The Morgan fingerprint density at radius 3 is 2.63 bits per heavy atom. The number of rotatable bonds is 5. The van der Waals surface area contributed by atoms with E-state index in [9.17, 15) is 9.59 Å². The molecule has 0 aliphatic heterocycles. The molecule has 19 heavy (non-hydrogen) atoms. The van der Waals surface area contributed by atoms with Crippen LogP contribution in [0.1, 0.15) is 24.2 Å². The normalized spacial score (nSPS) is 10.9. The molecule has 2 amide bonds. The van der Waals surface area contributed by atoms with E-state index in [2.05, 4.69) is 10.6 Å². The zero-order valence-corrected chi connectivity index (χ0v) is 11.6. The summed E-state index contributed by atoms with van der Waals surface area (Å²) in [5.74, 6) is -0.742. The van der Waals surface area contributed by atoms with E-state index in [0.29, 0.717) is 10.6 Å². The van der Waals surface area contributed by atoms with Gasteiger partial charge in [-0.15, -0.1) is 0 Å². The van der Waals surface area contributed by atoms with Crippen molar-refractivity contribution in [2.75, 3.05) is 13.2 Å². The number of benzene rings is 1. The molecule has 0 aliphatic rings. The number of aliphatic hydroxyl groups is 1. The molecule has 0 atom stereocenters. The fraction of sp³-hybridized carbons (Fsp3) is 0.385. The number of halogens is 1. The molecule has 1 aromatic carbocycles. The fourth-order valence-electron chi connectivity index (χ4n) is 1.35. The van der Waals surface area contributed by atoms with E-state index in [0.717, 1.165) is 0 Å². The summed E-state index contributed by atoms with van der Waals surface area (Å²) in [5.41, 5.74) is -0.320. The van der Waals surface area contributed by atoms with Crippen molar-refractivity contribution in [2.24, 2.45) is 0 Å². The van der Waals surface area contributed by atoms with Crippen molar-refractivity contribution in [3.05, 3.63) is 34.9 Å². The third-order valence-electron chi connectivity index (χ3n) is 2.37. The molecule has 0 radical (unpaired) electrons. The van der Waals surface area contributed by atoms with Gasteiger partial charge in [0.1, 0.15) is 0 Å². The van der Waals surface area contributed by atoms with Crippen molar-refractivity contribution < 1.29 is 14.7 Å². The lowest BCUT2D eigenvalue weighted by Crippen LogP contribution is -2.49. The molecular formula is C13H17ClN2O3. The minimum absolute atomic E-state index is 0.158. The molecule has 0 saturated carbocycles. The highest BCUT2D eigenvalue weighted by Gasteiger charge is 2.19. The van der Waals surface area contributed by atoms with Crippen LogP contribution < -0.4 is 10.6 Å². The number of carbonyl (C=O) groups is 2. The van der Waals surface area contributed by atoms with Gasteiger partial charge in [-0.25, -0.2) is 0 Å². The van der Waals surface area contributed by atoms with Crippen LogP contribution in [0.25, 0.3) is 0 Å². The maximum absolute atomic E-state index is 11.7. The van der Waals surface area contributed by atoms with E-state index < -0.39 is 5.54 Å². The van der Waals surface area contributed by atoms with Gasteiger partial charge in [-0.3, -0.25) is 9.59 Å². The molecule has 6 heteroatoms. The van der Waals surface area contributed by atoms with Gasteiger partial charge in [0.15, 0.2) is 0 Å². The minimum atomic E-state index is -0.710. The topological polar surface area (TPSA) is 78.4 Å². The quantitative estimate of drug-likeness (QED) is 0.753. The maximum atomic E-state index is 11.7. The monoisotopic (exact) mass is 284 g/mol. The minimum Gasteiger partial charge on any atom is -0.394 e. The zero-order valence-electron chi connectivity index (χ0n) is 10.9. The van der Waals surface area contributed by atoms with E-state index in [1.54, 1.807) is 32.0 Å². The molecule has 0 heterocycles. The maximum Gasteiger partial charge on any atom is 0.251 e. The van der Waals surface area contributed by atoms with Gasteiger partial charge in [0.2, 0.25) is 5.91 Å². The Hall–Kier alpha value is -1.59. The Kier molecular flexibility index (Phi) is 5.32. The summed E-state index contributed by atoms with van der Waals surface area (Å²) < 4.78 is 0. The molecule has 104 valence electrons. The first-order valence-corrected chi connectivity index (χ1v) is 6.17. The smallest absolute Gasteiger partial charge is 0.251 e. The SMILES string of the molecule is CC(C)(CO)NC(=O)CNC(=O)c1cccc(Cl)c1. The van der Waals surface area contributed by atoms with Crippen LogP contribution in [0.2, 0.25) is 5.02 Å². The highest BCUT2D eigenvalue weighted by atomic mass is 35.5. The summed E-state index contributed by atoms with van der Waals surface area (Å²) >= 11 is 5.77. The van der Waals surface area contributed by atoms with Crippen molar-refractivity contribution in [2.45, 2.75) is 19.4 Å². The molecule has 5 nitrogen and oxygen atoms in total. The summed E-state index contributed by atoms with van der Waals surface area (Å²) in [6, 6.07) is 6.45. The Labute approximate surface area is 117 Å². The lowest BCUT2D eigenvalue weighted by atomic mass is 10.1. The molecule has 0 saturated heterocycles. The second kappa shape index (κ2) is 6.54. The third-order valence-corrected chi connectivity index (χ3v) is 2.60. The summed E-state index contributed by atoms with van der Waals surface area (Å²) in [7, 11) is 0. The zero-order chi connectivity index (χ0) is 14.5. The van der Waals surface area contributed by atoms with Gasteiger partial charge in [0, 0.05) is 10.6 Å². The van der Waals surface area contributed by atoms with Crippen molar-refractivity contribution in [1.29, 1.82) is 0 Å². The molecule has 0 aromatic heterocycles. The van der Waals surface area contributed by atoms with Gasteiger partial charge in [0.25, 0.3) is 5.91 Å². The van der Waals surface area contributed by atoms with E-state index in [4.69, 9.17) is 16.7 Å². The Balaban J connectivity index is 2.49. The number of carbonyl (C=O) groups excluding carboxylic acids is 2. The molecule has 3 N–H and O–H groups in total. The van der Waals surface area contributed by atoms with E-state index in [-0.39, 0.29) is 25.0 Å².